The van der Waals surface area contributed by atoms with E-state index in [1.165, 1.54) is 0 Å². The van der Waals surface area contributed by atoms with Crippen molar-refractivity contribution in [1.29, 1.82) is 0 Å². The largest absolute Gasteiger partial charge is 0.497 e. The Labute approximate surface area is 181 Å². The van der Waals surface area contributed by atoms with E-state index in [-0.39, 0.29) is 30.1 Å². The number of likely N-dealkylation sites (tertiary alicyclic amines) is 1. The van der Waals surface area contributed by atoms with Gasteiger partial charge in [0.05, 0.1) is 13.0 Å². The molecule has 2 aromatic rings. The van der Waals surface area contributed by atoms with Crippen molar-refractivity contribution >= 4 is 29.1 Å². The first-order chi connectivity index (χ1) is 15.0. The molecule has 3 amide bonds. The zero-order chi connectivity index (χ0) is 21.8. The van der Waals surface area contributed by atoms with Gasteiger partial charge in [0, 0.05) is 35.9 Å². The summed E-state index contributed by atoms with van der Waals surface area (Å²) in [5, 5.41) is 5.71. The molecule has 1 saturated heterocycles. The van der Waals surface area contributed by atoms with Gasteiger partial charge in [0.15, 0.2) is 0 Å². The van der Waals surface area contributed by atoms with Gasteiger partial charge in [-0.05, 0) is 61.4 Å². The van der Waals surface area contributed by atoms with Crippen molar-refractivity contribution in [2.24, 2.45) is 5.92 Å². The van der Waals surface area contributed by atoms with Gasteiger partial charge in [0.25, 0.3) is 5.91 Å². The summed E-state index contributed by atoms with van der Waals surface area (Å²) in [6.45, 7) is 0.498. The molecule has 1 saturated carbocycles. The third kappa shape index (κ3) is 4.87. The molecule has 4 rings (SSSR count). The van der Waals surface area contributed by atoms with Crippen molar-refractivity contribution in [2.45, 2.75) is 38.1 Å². The smallest absolute Gasteiger partial charge is 0.255 e. The molecule has 0 bridgehead atoms. The van der Waals surface area contributed by atoms with Gasteiger partial charge in [-0.25, -0.2) is 0 Å². The lowest BCUT2D eigenvalue weighted by Crippen LogP contribution is -2.35. The fraction of sp³-hybridized carbons (Fsp3) is 0.375. The Morgan fingerprint density at radius 3 is 2.19 bits per heavy atom. The van der Waals surface area contributed by atoms with Gasteiger partial charge in [0.1, 0.15) is 5.75 Å². The number of anilines is 2. The van der Waals surface area contributed by atoms with Crippen LogP contribution in [0, 0.1) is 5.92 Å². The molecule has 1 unspecified atom stereocenters. The van der Waals surface area contributed by atoms with Crippen LogP contribution in [-0.4, -0.2) is 42.3 Å². The van der Waals surface area contributed by atoms with Crippen molar-refractivity contribution in [2.75, 3.05) is 24.3 Å². The Morgan fingerprint density at radius 1 is 0.935 bits per heavy atom. The van der Waals surface area contributed by atoms with Gasteiger partial charge in [-0.3, -0.25) is 14.4 Å². The van der Waals surface area contributed by atoms with Crippen LogP contribution in [0.5, 0.6) is 5.75 Å². The van der Waals surface area contributed by atoms with E-state index >= 15 is 0 Å². The van der Waals surface area contributed by atoms with Crippen LogP contribution in [-0.2, 0) is 9.59 Å². The maximum Gasteiger partial charge on any atom is 0.255 e. The topological polar surface area (TPSA) is 87.7 Å². The molecule has 2 N–H and O–H groups in total. The molecule has 1 aliphatic carbocycles. The molecule has 31 heavy (non-hydrogen) atoms. The van der Waals surface area contributed by atoms with Crippen LogP contribution in [0.15, 0.2) is 48.5 Å². The SMILES string of the molecule is COc1ccc(NC(=O)c2ccc(NC(=O)C3CC(=O)N(C4CCCC4)C3)cc2)cc1. The van der Waals surface area contributed by atoms with Crippen LogP contribution >= 0.6 is 0 Å². The fourth-order valence-electron chi connectivity index (χ4n) is 4.30. The Morgan fingerprint density at radius 2 is 1.55 bits per heavy atom. The summed E-state index contributed by atoms with van der Waals surface area (Å²) < 4.78 is 5.11. The standard InChI is InChI=1S/C24H27N3O4/c1-31-21-12-10-19(11-13-21)25-23(29)16-6-8-18(9-7-16)26-24(30)17-14-22(28)27(15-17)20-4-2-3-5-20/h6-13,17,20H,2-5,14-15H2,1H3,(H,25,29)(H,26,30). The molecular weight excluding hydrogens is 394 g/mol. The number of nitrogens with zero attached hydrogens (tertiary/aromatic N) is 1. The first-order valence-electron chi connectivity index (χ1n) is 10.7. The quantitative estimate of drug-likeness (QED) is 0.745. The number of nitrogens with one attached hydrogen (secondary N) is 2. The summed E-state index contributed by atoms with van der Waals surface area (Å²) in [4.78, 5) is 39.3. The molecule has 0 spiro atoms. The Bertz CT molecular complexity index is 950. The summed E-state index contributed by atoms with van der Waals surface area (Å²) in [7, 11) is 1.59. The molecule has 1 atom stereocenters. The Kier molecular flexibility index (Phi) is 6.21. The average molecular weight is 421 g/mol. The fourth-order valence-corrected chi connectivity index (χ4v) is 4.30. The predicted octanol–water partition coefficient (Wildman–Crippen LogP) is 3.68. The van der Waals surface area contributed by atoms with Crippen LogP contribution in [0.1, 0.15) is 42.5 Å². The van der Waals surface area contributed by atoms with E-state index in [1.54, 1.807) is 55.6 Å². The van der Waals surface area contributed by atoms with Crippen molar-refractivity contribution in [3.63, 3.8) is 0 Å². The van der Waals surface area contributed by atoms with Crippen LogP contribution in [0.25, 0.3) is 0 Å². The summed E-state index contributed by atoms with van der Waals surface area (Å²) in [5.74, 6) is 0.0816. The van der Waals surface area contributed by atoms with Crippen molar-refractivity contribution in [3.8, 4) is 5.75 Å². The van der Waals surface area contributed by atoms with Crippen molar-refractivity contribution < 1.29 is 19.1 Å². The van der Waals surface area contributed by atoms with E-state index in [1.807, 2.05) is 4.90 Å². The molecule has 2 aliphatic rings. The molecule has 0 aromatic heterocycles. The summed E-state index contributed by atoms with van der Waals surface area (Å²) in [6.07, 6.45) is 4.67. The molecule has 7 nitrogen and oxygen atoms in total. The molecule has 2 fully saturated rings. The lowest BCUT2D eigenvalue weighted by atomic mass is 10.1. The highest BCUT2D eigenvalue weighted by Crippen LogP contribution is 2.30. The summed E-state index contributed by atoms with van der Waals surface area (Å²) in [6, 6.07) is 14.1. The zero-order valence-electron chi connectivity index (χ0n) is 17.6. The first-order valence-corrected chi connectivity index (χ1v) is 10.7. The molecule has 1 aliphatic heterocycles. The molecule has 7 heteroatoms. The number of ether oxygens (including phenoxy) is 1. The molecule has 162 valence electrons. The minimum absolute atomic E-state index is 0.0811. The van der Waals surface area contributed by atoms with E-state index in [4.69, 9.17) is 4.74 Å². The maximum atomic E-state index is 12.7. The third-order valence-electron chi connectivity index (χ3n) is 6.06. The van der Waals surface area contributed by atoms with Crippen LogP contribution < -0.4 is 15.4 Å². The molecule has 2 aromatic carbocycles. The highest BCUT2D eigenvalue weighted by molar-refractivity contribution is 6.05. The average Bonchev–Trinajstić information content (AvgIpc) is 3.44. The Hall–Kier alpha value is -3.35. The molecule has 1 heterocycles. The van der Waals surface area contributed by atoms with Gasteiger partial charge in [-0.2, -0.15) is 0 Å². The number of hydrogen-bond acceptors (Lipinski definition) is 4. The zero-order valence-corrected chi connectivity index (χ0v) is 17.6. The van der Waals surface area contributed by atoms with Crippen LogP contribution in [0.3, 0.4) is 0 Å². The van der Waals surface area contributed by atoms with Crippen LogP contribution in [0.4, 0.5) is 11.4 Å². The second-order valence-corrected chi connectivity index (χ2v) is 8.13. The number of benzene rings is 2. The van der Waals surface area contributed by atoms with Gasteiger partial charge in [0.2, 0.25) is 11.8 Å². The van der Waals surface area contributed by atoms with E-state index < -0.39 is 0 Å². The van der Waals surface area contributed by atoms with E-state index in [0.29, 0.717) is 35.3 Å². The number of methoxy groups -OCH3 is 1. The van der Waals surface area contributed by atoms with Crippen molar-refractivity contribution in [3.05, 3.63) is 54.1 Å². The second kappa shape index (κ2) is 9.20. The summed E-state index contributed by atoms with van der Waals surface area (Å²) in [5.41, 5.74) is 1.76. The summed E-state index contributed by atoms with van der Waals surface area (Å²) >= 11 is 0. The van der Waals surface area contributed by atoms with E-state index in [0.717, 1.165) is 25.7 Å². The minimum Gasteiger partial charge on any atom is -0.497 e. The van der Waals surface area contributed by atoms with Gasteiger partial charge in [-0.15, -0.1) is 0 Å². The van der Waals surface area contributed by atoms with Gasteiger partial charge < -0.3 is 20.3 Å². The third-order valence-corrected chi connectivity index (χ3v) is 6.06. The number of amides is 3. The highest BCUT2D eigenvalue weighted by Gasteiger charge is 2.38. The lowest BCUT2D eigenvalue weighted by Gasteiger charge is -2.23. The van der Waals surface area contributed by atoms with E-state index in [9.17, 15) is 14.4 Å². The normalized spacial score (nSPS) is 18.8. The monoisotopic (exact) mass is 421 g/mol. The minimum atomic E-state index is -0.328. The first kappa shape index (κ1) is 20.9. The Balaban J connectivity index is 1.32. The second-order valence-electron chi connectivity index (χ2n) is 8.13. The maximum absolute atomic E-state index is 12.7. The molecule has 0 radical (unpaired) electrons. The lowest BCUT2D eigenvalue weighted by molar-refractivity contribution is -0.129. The van der Waals surface area contributed by atoms with E-state index in [2.05, 4.69) is 10.6 Å². The van der Waals surface area contributed by atoms with Gasteiger partial charge in [-0.1, -0.05) is 12.8 Å². The molecular formula is C24H27N3O4. The van der Waals surface area contributed by atoms with Gasteiger partial charge >= 0.3 is 0 Å². The number of carbonyl (C=O) groups is 3. The predicted molar refractivity (Wildman–Crippen MR) is 118 cm³/mol. The van der Waals surface area contributed by atoms with Crippen molar-refractivity contribution in [1.82, 2.24) is 4.90 Å². The van der Waals surface area contributed by atoms with Crippen LogP contribution in [0.2, 0.25) is 0 Å². The number of hydrogen-bond donors (Lipinski definition) is 2. The highest BCUT2D eigenvalue weighted by atomic mass is 16.5. The number of carbonyl (C=O) groups excluding carboxylic acids is 3. The number of rotatable bonds is 6.